The molecule has 0 unspecified atom stereocenters. The molecule has 0 aliphatic carbocycles. The van der Waals surface area contributed by atoms with Gasteiger partial charge < -0.3 is 9.47 Å². The molecule has 0 aromatic carbocycles. The maximum Gasteiger partial charge on any atom is 0.360 e. The van der Waals surface area contributed by atoms with Crippen molar-refractivity contribution in [2.75, 3.05) is 13.2 Å². The third-order valence-corrected chi connectivity index (χ3v) is 1.49. The van der Waals surface area contributed by atoms with Gasteiger partial charge in [-0.3, -0.25) is 5.10 Å². The topological polar surface area (TPSA) is 81.3 Å². The molecule has 80 valence electrons. The van der Waals surface area contributed by atoms with E-state index in [4.69, 9.17) is 9.47 Å². The van der Waals surface area contributed by atoms with E-state index in [0.717, 1.165) is 6.08 Å². The smallest absolute Gasteiger partial charge is 0.360 e. The first-order valence-electron chi connectivity index (χ1n) is 4.32. The Morgan fingerprint density at radius 2 is 2.53 bits per heavy atom. The molecule has 0 saturated heterocycles. The summed E-state index contributed by atoms with van der Waals surface area (Å²) in [6, 6.07) is 0. The molecule has 1 heterocycles. The highest BCUT2D eigenvalue weighted by Gasteiger charge is 2.15. The summed E-state index contributed by atoms with van der Waals surface area (Å²) in [5.41, 5.74) is 0.135. The Balaban J connectivity index is 2.68. The van der Waals surface area contributed by atoms with Crippen molar-refractivity contribution >= 4 is 11.9 Å². The van der Waals surface area contributed by atoms with Crippen molar-refractivity contribution in [2.24, 2.45) is 0 Å². The van der Waals surface area contributed by atoms with Gasteiger partial charge in [-0.15, -0.1) is 0 Å². The molecule has 0 saturated carbocycles. The Morgan fingerprint density at radius 1 is 1.73 bits per heavy atom. The molecule has 0 amide bonds. The first kappa shape index (κ1) is 11.0. The van der Waals surface area contributed by atoms with Gasteiger partial charge in [0.05, 0.1) is 12.8 Å². The van der Waals surface area contributed by atoms with Gasteiger partial charge in [-0.05, 0) is 6.92 Å². The maximum absolute atomic E-state index is 11.3. The predicted octanol–water partition coefficient (Wildman–Crippen LogP) is 0.353. The predicted molar refractivity (Wildman–Crippen MR) is 50.3 cm³/mol. The molecule has 0 spiro atoms. The zero-order valence-corrected chi connectivity index (χ0v) is 8.15. The molecule has 0 aliphatic rings. The largest absolute Gasteiger partial charge is 0.485 e. The standard InChI is InChI=1S/C9H10N2O4/c1-2-14-9(13)8-7(6-10-11-8)15-5-3-4-12/h3,6H,2,5H2,1H3,(H,10,11). The molecule has 0 aliphatic heterocycles. The molecule has 6 nitrogen and oxygen atoms in total. The summed E-state index contributed by atoms with van der Waals surface area (Å²) < 4.78 is 9.83. The van der Waals surface area contributed by atoms with Gasteiger partial charge >= 0.3 is 5.97 Å². The van der Waals surface area contributed by atoms with E-state index >= 15 is 0 Å². The van der Waals surface area contributed by atoms with Crippen LogP contribution in [0, 0.1) is 0 Å². The molecule has 1 aromatic rings. The molecule has 1 rings (SSSR count). The van der Waals surface area contributed by atoms with E-state index < -0.39 is 5.97 Å². The minimum Gasteiger partial charge on any atom is -0.485 e. The third-order valence-electron chi connectivity index (χ3n) is 1.49. The van der Waals surface area contributed by atoms with Crippen molar-refractivity contribution in [3.05, 3.63) is 18.0 Å². The molecule has 6 heteroatoms. The fourth-order valence-corrected chi connectivity index (χ4v) is 0.900. The van der Waals surface area contributed by atoms with Crippen molar-refractivity contribution in [1.29, 1.82) is 0 Å². The number of hydrogen-bond acceptors (Lipinski definition) is 5. The number of aromatic amines is 1. The number of carbonyl (C=O) groups is 1. The molecule has 1 N–H and O–H groups in total. The van der Waals surface area contributed by atoms with Crippen molar-refractivity contribution in [2.45, 2.75) is 6.92 Å². The third kappa shape index (κ3) is 2.96. The van der Waals surface area contributed by atoms with Crippen molar-refractivity contribution in [3.63, 3.8) is 0 Å². The fraction of sp³-hybridized carbons (Fsp3) is 0.333. The van der Waals surface area contributed by atoms with Gasteiger partial charge in [0.1, 0.15) is 12.5 Å². The molecular weight excluding hydrogens is 200 g/mol. The highest BCUT2D eigenvalue weighted by molar-refractivity contribution is 5.90. The molecule has 0 bridgehead atoms. The monoisotopic (exact) mass is 210 g/mol. The molecule has 0 atom stereocenters. The first-order chi connectivity index (χ1) is 7.29. The van der Waals surface area contributed by atoms with E-state index in [1.54, 1.807) is 12.9 Å². The number of hydrogen-bond donors (Lipinski definition) is 1. The van der Waals surface area contributed by atoms with E-state index in [1.165, 1.54) is 6.20 Å². The van der Waals surface area contributed by atoms with Crippen LogP contribution >= 0.6 is 0 Å². The lowest BCUT2D eigenvalue weighted by Gasteiger charge is -2.02. The van der Waals surface area contributed by atoms with Crippen molar-refractivity contribution < 1.29 is 19.1 Å². The van der Waals surface area contributed by atoms with Gasteiger partial charge in [0.25, 0.3) is 0 Å². The molecule has 0 fully saturated rings. The normalized spacial score (nSPS) is 9.13. The highest BCUT2D eigenvalue weighted by Crippen LogP contribution is 2.15. The number of aromatic nitrogens is 2. The summed E-state index contributed by atoms with van der Waals surface area (Å²) in [6.45, 7) is 2.00. The quantitative estimate of drug-likeness (QED) is 0.560. The highest BCUT2D eigenvalue weighted by atomic mass is 16.5. The lowest BCUT2D eigenvalue weighted by molar-refractivity contribution is 0.0515. The number of nitrogens with one attached hydrogen (secondary N) is 1. The number of H-pyrrole nitrogens is 1. The van der Waals surface area contributed by atoms with E-state index in [-0.39, 0.29) is 24.7 Å². The molecule has 15 heavy (non-hydrogen) atoms. The van der Waals surface area contributed by atoms with Crippen LogP contribution in [0.25, 0.3) is 0 Å². The van der Waals surface area contributed by atoms with Gasteiger partial charge in [-0.25, -0.2) is 9.59 Å². The Kier molecular flexibility index (Phi) is 4.12. The van der Waals surface area contributed by atoms with Crippen LogP contribution < -0.4 is 4.74 Å². The Bertz CT molecular complexity index is 379. The van der Waals surface area contributed by atoms with E-state index in [9.17, 15) is 9.59 Å². The van der Waals surface area contributed by atoms with Gasteiger partial charge in [-0.1, -0.05) is 0 Å². The summed E-state index contributed by atoms with van der Waals surface area (Å²) in [5, 5.41) is 6.10. The van der Waals surface area contributed by atoms with E-state index in [1.807, 2.05) is 0 Å². The van der Waals surface area contributed by atoms with Crippen LogP contribution in [-0.2, 0) is 9.53 Å². The van der Waals surface area contributed by atoms with Gasteiger partial charge in [-0.2, -0.15) is 5.10 Å². The zero-order chi connectivity index (χ0) is 11.1. The average molecular weight is 210 g/mol. The Hall–Kier alpha value is -2.07. The number of ether oxygens (including phenoxy) is 2. The lowest BCUT2D eigenvalue weighted by Crippen LogP contribution is -2.07. The Labute approximate surface area is 85.9 Å². The molecular formula is C9H10N2O4. The zero-order valence-electron chi connectivity index (χ0n) is 8.15. The van der Waals surface area contributed by atoms with Gasteiger partial charge in [0.15, 0.2) is 11.4 Å². The van der Waals surface area contributed by atoms with Crippen LogP contribution in [-0.4, -0.2) is 35.3 Å². The summed E-state index contributed by atoms with van der Waals surface area (Å²) in [5.74, 6) is 1.27. The molecule has 1 aromatic heterocycles. The van der Waals surface area contributed by atoms with Crippen LogP contribution in [0.15, 0.2) is 12.3 Å². The first-order valence-corrected chi connectivity index (χ1v) is 4.32. The van der Waals surface area contributed by atoms with Crippen LogP contribution in [0.5, 0.6) is 5.75 Å². The maximum atomic E-state index is 11.3. The van der Waals surface area contributed by atoms with Gasteiger partial charge in [0, 0.05) is 6.08 Å². The SMILES string of the molecule is CCOC(=O)c1[nH]ncc1OCC=C=O. The second-order valence-corrected chi connectivity index (χ2v) is 2.46. The number of esters is 1. The fourth-order valence-electron chi connectivity index (χ4n) is 0.900. The Morgan fingerprint density at radius 3 is 3.20 bits per heavy atom. The van der Waals surface area contributed by atoms with E-state index in [0.29, 0.717) is 0 Å². The number of rotatable bonds is 5. The number of carbonyl (C=O) groups excluding carboxylic acids is 2. The summed E-state index contributed by atoms with van der Waals surface area (Å²) >= 11 is 0. The minimum atomic E-state index is -0.542. The summed E-state index contributed by atoms with van der Waals surface area (Å²) in [4.78, 5) is 21.2. The number of nitrogens with zero attached hydrogens (tertiary/aromatic N) is 1. The van der Waals surface area contributed by atoms with E-state index in [2.05, 4.69) is 10.2 Å². The van der Waals surface area contributed by atoms with Crippen LogP contribution in [0.4, 0.5) is 0 Å². The van der Waals surface area contributed by atoms with Crippen LogP contribution in [0.1, 0.15) is 17.4 Å². The minimum absolute atomic E-state index is 0.0371. The lowest BCUT2D eigenvalue weighted by atomic mass is 10.4. The molecule has 0 radical (unpaired) electrons. The second kappa shape index (κ2) is 5.62. The van der Waals surface area contributed by atoms with Crippen molar-refractivity contribution in [3.8, 4) is 5.75 Å². The summed E-state index contributed by atoms with van der Waals surface area (Å²) in [6.07, 6.45) is 2.49. The average Bonchev–Trinajstić information content (AvgIpc) is 2.67. The van der Waals surface area contributed by atoms with Crippen LogP contribution in [0.3, 0.4) is 0 Å². The summed E-state index contributed by atoms with van der Waals surface area (Å²) in [7, 11) is 0. The van der Waals surface area contributed by atoms with Crippen LogP contribution in [0.2, 0.25) is 0 Å². The van der Waals surface area contributed by atoms with Crippen molar-refractivity contribution in [1.82, 2.24) is 10.2 Å². The second-order valence-electron chi connectivity index (χ2n) is 2.46. The van der Waals surface area contributed by atoms with Gasteiger partial charge in [0.2, 0.25) is 0 Å².